The summed E-state index contributed by atoms with van der Waals surface area (Å²) < 4.78 is 42.2. The molecular weight excluding hydrogens is 1100 g/mol. The highest BCUT2D eigenvalue weighted by atomic mass is 16.6. The SMILES string of the molecule is CCC(C)(C)C(=O)OC1CC2C3C(=O)OC(=O)C3C1C2(C)C.CCC(C)(C)C(=O)OC1CC2CC1C1(C)C(=O)OC(=O)C21.CCC(C)(C)C(=O)OC1CC2CC1C1(C)C(=O)OC(=O)C21C.CCC(C)(C)C(=O)OC1CC2CC1C1C(=O)OC(=O)C21. The molecule has 8 saturated carbocycles. The van der Waals surface area contributed by atoms with Crippen molar-refractivity contribution in [2.45, 2.75) is 213 Å². The molecule has 12 rings (SSSR count). The number of carbonyl (C=O) groups excluding carboxylic acids is 12. The Morgan fingerprint density at radius 2 is 0.847 bits per heavy atom. The topological polar surface area (TPSA) is 279 Å². The summed E-state index contributed by atoms with van der Waals surface area (Å²) in [7, 11) is 0. The van der Waals surface area contributed by atoms with Gasteiger partial charge in [-0.05, 0) is 176 Å². The van der Waals surface area contributed by atoms with Crippen LogP contribution in [0.25, 0.3) is 0 Å². The summed E-state index contributed by atoms with van der Waals surface area (Å²) >= 11 is 0. The largest absolute Gasteiger partial charge is 0.462 e. The Morgan fingerprint density at radius 1 is 0.412 bits per heavy atom. The van der Waals surface area contributed by atoms with Gasteiger partial charge in [-0.15, -0.1) is 0 Å². The fraction of sp³-hybridized carbons (Fsp3) is 0.815. The van der Waals surface area contributed by atoms with E-state index in [0.717, 1.165) is 19.3 Å². The second-order valence-corrected chi connectivity index (χ2v) is 30.6. The number of esters is 12. The van der Waals surface area contributed by atoms with E-state index < -0.39 is 85.6 Å². The zero-order valence-electron chi connectivity index (χ0n) is 52.8. The zero-order chi connectivity index (χ0) is 63.2. The minimum Gasteiger partial charge on any atom is -0.462 e. The smallest absolute Gasteiger partial charge is 0.321 e. The van der Waals surface area contributed by atoms with Gasteiger partial charge >= 0.3 is 71.6 Å². The number of rotatable bonds is 12. The van der Waals surface area contributed by atoms with Gasteiger partial charge in [-0.2, -0.15) is 0 Å². The van der Waals surface area contributed by atoms with Crippen molar-refractivity contribution in [1.82, 2.24) is 0 Å². The van der Waals surface area contributed by atoms with Crippen molar-refractivity contribution < 1.29 is 95.4 Å². The van der Waals surface area contributed by atoms with Gasteiger partial charge in [-0.3, -0.25) is 57.5 Å². The zero-order valence-corrected chi connectivity index (χ0v) is 52.8. The summed E-state index contributed by atoms with van der Waals surface area (Å²) in [5.41, 5.74) is -4.71. The lowest BCUT2D eigenvalue weighted by atomic mass is 9.58. The molecule has 12 aliphatic rings. The van der Waals surface area contributed by atoms with Crippen molar-refractivity contribution in [2.75, 3.05) is 0 Å². The molecule has 8 bridgehead atoms. The summed E-state index contributed by atoms with van der Waals surface area (Å²) in [4.78, 5) is 145. The maximum atomic E-state index is 12.4. The summed E-state index contributed by atoms with van der Waals surface area (Å²) in [6.07, 6.45) is 6.66. The van der Waals surface area contributed by atoms with Gasteiger partial charge in [0.1, 0.15) is 24.4 Å². The predicted molar refractivity (Wildman–Crippen MR) is 296 cm³/mol. The van der Waals surface area contributed by atoms with Crippen molar-refractivity contribution >= 4 is 71.6 Å². The van der Waals surface area contributed by atoms with Crippen molar-refractivity contribution in [3.8, 4) is 0 Å². The van der Waals surface area contributed by atoms with Gasteiger partial charge in [0.05, 0.1) is 67.5 Å². The highest BCUT2D eigenvalue weighted by Crippen LogP contribution is 2.71. The van der Waals surface area contributed by atoms with E-state index in [1.165, 1.54) is 0 Å². The van der Waals surface area contributed by atoms with Crippen LogP contribution in [0.1, 0.15) is 188 Å². The highest BCUT2D eigenvalue weighted by Gasteiger charge is 2.78. The van der Waals surface area contributed by atoms with Crippen LogP contribution >= 0.6 is 0 Å². The second kappa shape index (κ2) is 21.3. The van der Waals surface area contributed by atoms with E-state index in [-0.39, 0.29) is 131 Å². The fourth-order valence-corrected chi connectivity index (χ4v) is 17.1. The lowest BCUT2D eigenvalue weighted by Gasteiger charge is -2.42. The molecular formula is C65H90O20. The van der Waals surface area contributed by atoms with Crippen LogP contribution in [-0.2, 0) is 95.4 Å². The Hall–Kier alpha value is -5.56. The van der Waals surface area contributed by atoms with Gasteiger partial charge in [0.15, 0.2) is 0 Å². The Labute approximate surface area is 498 Å². The summed E-state index contributed by atoms with van der Waals surface area (Å²) in [6.45, 7) is 32.3. The molecule has 20 atom stereocenters. The molecule has 4 heterocycles. The van der Waals surface area contributed by atoms with Crippen LogP contribution in [-0.4, -0.2) is 96.0 Å². The Morgan fingerprint density at radius 3 is 1.36 bits per heavy atom. The van der Waals surface area contributed by atoms with Crippen molar-refractivity contribution in [1.29, 1.82) is 0 Å². The van der Waals surface area contributed by atoms with Gasteiger partial charge in [0.2, 0.25) is 0 Å². The lowest BCUT2D eigenvalue weighted by Crippen LogP contribution is -2.51. The molecule has 12 fully saturated rings. The van der Waals surface area contributed by atoms with E-state index in [0.29, 0.717) is 51.4 Å². The standard InChI is InChI=1S/2C17H24O5.C16H22O5.C15H20O5/c1-6-15(2,3)12(18)21-11-8-9-7-10(11)17(5)14(20)22-13(19)16(9,17)4;1-6-16(2,3)15(20)21-9-7-8-10-11(12(9)17(8,4)5)14(19)22-13(10)18;1-5-15(2,3)13(18)20-10-7-8-6-9(10)16(4)11(8)12(17)21-14(16)19;1-4-15(2,3)14(18)19-9-6-7-5-8(9)11-10(7)12(16)20-13(11)17/h9-11H,6-8H2,1-5H3;8-12H,6-7H2,1-5H3;8-11H,5-7H2,1-4H3;7-11H,4-6H2,1-3H3. The summed E-state index contributed by atoms with van der Waals surface area (Å²) in [5, 5.41) is 0. The first-order valence-corrected chi connectivity index (χ1v) is 31.1. The van der Waals surface area contributed by atoms with Gasteiger partial charge < -0.3 is 37.9 Å². The molecule has 0 N–H and O–H groups in total. The minimum atomic E-state index is -0.867. The molecule has 470 valence electrons. The Bertz CT molecular complexity index is 2880. The van der Waals surface area contributed by atoms with Gasteiger partial charge in [-0.25, -0.2) is 0 Å². The quantitative estimate of drug-likeness (QED) is 0.100. The number of fused-ring (bicyclic) bond motifs is 20. The number of cyclic esters (lactones) is 8. The maximum absolute atomic E-state index is 12.4. The second-order valence-electron chi connectivity index (χ2n) is 30.6. The first-order valence-electron chi connectivity index (χ1n) is 31.1. The van der Waals surface area contributed by atoms with Crippen LogP contribution in [0, 0.1) is 120 Å². The number of hydrogen-bond donors (Lipinski definition) is 0. The molecule has 0 amide bonds. The predicted octanol–water partition coefficient (Wildman–Crippen LogP) is 8.57. The van der Waals surface area contributed by atoms with Gasteiger partial charge in [-0.1, -0.05) is 41.5 Å². The summed E-state index contributed by atoms with van der Waals surface area (Å²) in [5.74, 6) is -6.11. The number of carbonyl (C=O) groups is 12. The normalized spacial score (nSPS) is 40.6. The number of hydrogen-bond acceptors (Lipinski definition) is 20. The molecule has 0 aromatic heterocycles. The Balaban J connectivity index is 0.000000136. The third kappa shape index (κ3) is 9.69. The lowest BCUT2D eigenvalue weighted by molar-refractivity contribution is -0.171. The molecule has 0 radical (unpaired) electrons. The first-order chi connectivity index (χ1) is 39.3. The molecule has 8 aliphatic carbocycles. The molecule has 20 heteroatoms. The third-order valence-electron chi connectivity index (χ3n) is 24.6. The molecule has 4 aliphatic heterocycles. The average Bonchev–Trinajstić information content (AvgIpc) is 1.55. The van der Waals surface area contributed by atoms with Crippen molar-refractivity contribution in [3.05, 3.63) is 0 Å². The van der Waals surface area contributed by atoms with E-state index >= 15 is 0 Å². The van der Waals surface area contributed by atoms with E-state index in [4.69, 9.17) is 37.9 Å². The van der Waals surface area contributed by atoms with Gasteiger partial charge in [0.25, 0.3) is 0 Å². The summed E-state index contributed by atoms with van der Waals surface area (Å²) in [6, 6.07) is 0. The fourth-order valence-electron chi connectivity index (χ4n) is 17.1. The van der Waals surface area contributed by atoms with Crippen LogP contribution in [0.4, 0.5) is 0 Å². The van der Waals surface area contributed by atoms with E-state index in [9.17, 15) is 57.5 Å². The maximum Gasteiger partial charge on any atom is 0.321 e. The van der Waals surface area contributed by atoms with Crippen LogP contribution in [0.2, 0.25) is 0 Å². The minimum absolute atomic E-state index is 0.0412. The third-order valence-corrected chi connectivity index (χ3v) is 24.6. The van der Waals surface area contributed by atoms with E-state index in [1.807, 2.05) is 90.0 Å². The molecule has 0 aromatic rings. The van der Waals surface area contributed by atoms with Crippen LogP contribution < -0.4 is 0 Å². The monoisotopic (exact) mass is 1190 g/mol. The van der Waals surface area contributed by atoms with E-state index in [1.54, 1.807) is 13.8 Å². The number of ether oxygens (including phenoxy) is 8. The highest BCUT2D eigenvalue weighted by molar-refractivity contribution is 6.03. The molecule has 85 heavy (non-hydrogen) atoms. The van der Waals surface area contributed by atoms with Crippen molar-refractivity contribution in [2.24, 2.45) is 120 Å². The molecule has 20 nitrogen and oxygen atoms in total. The molecule has 0 aromatic carbocycles. The molecule has 0 spiro atoms. The van der Waals surface area contributed by atoms with Crippen molar-refractivity contribution in [3.63, 3.8) is 0 Å². The van der Waals surface area contributed by atoms with Crippen LogP contribution in [0.15, 0.2) is 0 Å². The van der Waals surface area contributed by atoms with E-state index in [2.05, 4.69) is 13.8 Å². The molecule has 20 unspecified atom stereocenters. The molecule has 4 saturated heterocycles. The van der Waals surface area contributed by atoms with Crippen LogP contribution in [0.3, 0.4) is 0 Å². The average molecular weight is 1190 g/mol. The van der Waals surface area contributed by atoms with Crippen LogP contribution in [0.5, 0.6) is 0 Å². The Kier molecular flexibility index (Phi) is 16.1. The van der Waals surface area contributed by atoms with Gasteiger partial charge in [0, 0.05) is 23.7 Å². The first kappa shape index (κ1) is 63.9.